The monoisotopic (exact) mass is 282 g/mol. The molecule has 1 aromatic carbocycles. The molecule has 1 rings (SSSR count). The van der Waals surface area contributed by atoms with Crippen LogP contribution in [0.2, 0.25) is 0 Å². The molecule has 0 amide bonds. The van der Waals surface area contributed by atoms with E-state index < -0.39 is 24.1 Å². The van der Waals surface area contributed by atoms with E-state index in [4.69, 9.17) is 5.11 Å². The molecule has 6 heteroatoms. The zero-order chi connectivity index (χ0) is 11.6. The number of alkyl halides is 2. The maximum Gasteiger partial charge on any atom is 0.374 e. The van der Waals surface area contributed by atoms with Crippen LogP contribution in [0.1, 0.15) is 5.56 Å². The third kappa shape index (κ3) is 2.95. The number of carboxylic acid groups (broad SMARTS) is 1. The summed E-state index contributed by atoms with van der Waals surface area (Å²) in [6.45, 7) is 0. The Morgan fingerprint density at radius 3 is 2.53 bits per heavy atom. The summed E-state index contributed by atoms with van der Waals surface area (Å²) in [6, 6.07) is 3.25. The van der Waals surface area contributed by atoms with Crippen LogP contribution in [0.5, 0.6) is 0 Å². The summed E-state index contributed by atoms with van der Waals surface area (Å²) in [4.78, 5) is 10.1. The molecule has 0 fully saturated rings. The molecule has 2 nitrogen and oxygen atoms in total. The van der Waals surface area contributed by atoms with Crippen molar-refractivity contribution in [2.45, 2.75) is 12.3 Å². The first kappa shape index (κ1) is 12.0. The number of aliphatic carboxylic acids is 1. The summed E-state index contributed by atoms with van der Waals surface area (Å²) in [5.41, 5.74) is 0.0516. The molecule has 0 saturated carbocycles. The summed E-state index contributed by atoms with van der Waals surface area (Å²) in [5.74, 6) is -6.61. The maximum atomic E-state index is 12.8. The van der Waals surface area contributed by atoms with Gasteiger partial charge in [0.15, 0.2) is 0 Å². The van der Waals surface area contributed by atoms with Gasteiger partial charge in [0.1, 0.15) is 5.82 Å². The second kappa shape index (κ2) is 4.22. The van der Waals surface area contributed by atoms with Gasteiger partial charge < -0.3 is 5.11 Å². The molecule has 0 radical (unpaired) electrons. The van der Waals surface area contributed by atoms with E-state index in [1.54, 1.807) is 0 Å². The average Bonchev–Trinajstić information content (AvgIpc) is 2.10. The summed E-state index contributed by atoms with van der Waals surface area (Å²) < 4.78 is 38.3. The van der Waals surface area contributed by atoms with Crippen molar-refractivity contribution >= 4 is 21.9 Å². The highest BCUT2D eigenvalue weighted by atomic mass is 79.9. The van der Waals surface area contributed by atoms with Gasteiger partial charge in [-0.1, -0.05) is 6.07 Å². The quantitative estimate of drug-likeness (QED) is 0.926. The van der Waals surface area contributed by atoms with Gasteiger partial charge in [0.2, 0.25) is 0 Å². The van der Waals surface area contributed by atoms with Gasteiger partial charge in [-0.25, -0.2) is 9.18 Å². The fourth-order valence-corrected chi connectivity index (χ4v) is 1.41. The average molecular weight is 283 g/mol. The Labute approximate surface area is 91.8 Å². The lowest BCUT2D eigenvalue weighted by Crippen LogP contribution is -2.30. The van der Waals surface area contributed by atoms with Crippen LogP contribution < -0.4 is 0 Å². The van der Waals surface area contributed by atoms with Crippen molar-refractivity contribution < 1.29 is 23.1 Å². The fraction of sp³-hybridized carbons (Fsp3) is 0.222. The van der Waals surface area contributed by atoms with Crippen LogP contribution in [0.25, 0.3) is 0 Å². The molecule has 0 aliphatic carbocycles. The van der Waals surface area contributed by atoms with Crippen molar-refractivity contribution in [2.75, 3.05) is 0 Å². The molecule has 15 heavy (non-hydrogen) atoms. The third-order valence-electron chi connectivity index (χ3n) is 1.72. The van der Waals surface area contributed by atoms with Gasteiger partial charge in [-0.3, -0.25) is 0 Å². The Morgan fingerprint density at radius 2 is 2.07 bits per heavy atom. The molecule has 0 atom stereocenters. The minimum absolute atomic E-state index is 0.0289. The van der Waals surface area contributed by atoms with Crippen molar-refractivity contribution in [1.29, 1.82) is 0 Å². The van der Waals surface area contributed by atoms with Crippen molar-refractivity contribution in [3.05, 3.63) is 34.1 Å². The Hall–Kier alpha value is -1.04. The molecular weight excluding hydrogens is 277 g/mol. The van der Waals surface area contributed by atoms with Crippen LogP contribution in [-0.2, 0) is 11.2 Å². The molecule has 0 saturated heterocycles. The lowest BCUT2D eigenvalue weighted by molar-refractivity contribution is -0.164. The second-order valence-electron chi connectivity index (χ2n) is 2.93. The van der Waals surface area contributed by atoms with E-state index in [1.807, 2.05) is 0 Å². The van der Waals surface area contributed by atoms with Crippen molar-refractivity contribution in [3.63, 3.8) is 0 Å². The fourth-order valence-electron chi connectivity index (χ4n) is 0.982. The van der Waals surface area contributed by atoms with Gasteiger partial charge in [0.05, 0.1) is 4.47 Å². The largest absolute Gasteiger partial charge is 0.477 e. The Kier molecular flexibility index (Phi) is 3.38. The van der Waals surface area contributed by atoms with Gasteiger partial charge in [0, 0.05) is 6.42 Å². The zero-order valence-corrected chi connectivity index (χ0v) is 8.89. The van der Waals surface area contributed by atoms with Crippen LogP contribution >= 0.6 is 15.9 Å². The Balaban J connectivity index is 2.91. The Morgan fingerprint density at radius 1 is 1.47 bits per heavy atom. The number of carbonyl (C=O) groups is 1. The molecule has 82 valence electrons. The zero-order valence-electron chi connectivity index (χ0n) is 7.31. The molecule has 1 N–H and O–H groups in total. The first-order chi connectivity index (χ1) is 6.83. The van der Waals surface area contributed by atoms with E-state index in [9.17, 15) is 18.0 Å². The van der Waals surface area contributed by atoms with E-state index in [1.165, 1.54) is 0 Å². The predicted molar refractivity (Wildman–Crippen MR) is 50.4 cm³/mol. The topological polar surface area (TPSA) is 37.3 Å². The van der Waals surface area contributed by atoms with E-state index >= 15 is 0 Å². The predicted octanol–water partition coefficient (Wildman–Crippen LogP) is 2.85. The molecule has 0 aliphatic heterocycles. The number of hydrogen-bond donors (Lipinski definition) is 1. The highest BCUT2D eigenvalue weighted by Gasteiger charge is 2.38. The molecule has 0 aliphatic rings. The minimum atomic E-state index is -3.84. The lowest BCUT2D eigenvalue weighted by atomic mass is 10.1. The normalized spacial score (nSPS) is 11.5. The van der Waals surface area contributed by atoms with E-state index in [0.717, 1.165) is 18.2 Å². The van der Waals surface area contributed by atoms with Gasteiger partial charge >= 0.3 is 11.9 Å². The van der Waals surface area contributed by atoms with Gasteiger partial charge in [-0.15, -0.1) is 0 Å². The summed E-state index contributed by atoms with van der Waals surface area (Å²) >= 11 is 2.82. The summed E-state index contributed by atoms with van der Waals surface area (Å²) in [7, 11) is 0. The van der Waals surface area contributed by atoms with Crippen LogP contribution in [0.3, 0.4) is 0 Å². The summed E-state index contributed by atoms with van der Waals surface area (Å²) in [5, 5.41) is 8.19. The van der Waals surface area contributed by atoms with E-state index in [0.29, 0.717) is 0 Å². The third-order valence-corrected chi connectivity index (χ3v) is 2.33. The molecule has 0 aromatic heterocycles. The van der Waals surface area contributed by atoms with Crippen LogP contribution in [-0.4, -0.2) is 17.0 Å². The molecular formula is C9H6BrF3O2. The minimum Gasteiger partial charge on any atom is -0.477 e. The van der Waals surface area contributed by atoms with Crippen LogP contribution in [0.4, 0.5) is 13.2 Å². The van der Waals surface area contributed by atoms with E-state index in [2.05, 4.69) is 15.9 Å². The first-order valence-corrected chi connectivity index (χ1v) is 4.67. The number of hydrogen-bond acceptors (Lipinski definition) is 1. The maximum absolute atomic E-state index is 12.8. The Bertz CT molecular complexity index is 393. The highest BCUT2D eigenvalue weighted by Crippen LogP contribution is 2.23. The van der Waals surface area contributed by atoms with Crippen molar-refractivity contribution in [1.82, 2.24) is 0 Å². The summed E-state index contributed by atoms with van der Waals surface area (Å²) in [6.07, 6.45) is -0.957. The number of carboxylic acids is 1. The molecule has 0 bridgehead atoms. The molecule has 0 spiro atoms. The molecule has 0 unspecified atom stereocenters. The SMILES string of the molecule is O=C(O)C(F)(F)Cc1ccc(F)c(Br)c1. The smallest absolute Gasteiger partial charge is 0.374 e. The standard InChI is InChI=1S/C9H6BrF3O2/c10-6-3-5(1-2-7(6)11)4-9(12,13)8(14)15/h1-3H,4H2,(H,14,15). The van der Waals surface area contributed by atoms with Gasteiger partial charge in [-0.05, 0) is 33.6 Å². The van der Waals surface area contributed by atoms with Gasteiger partial charge in [0.25, 0.3) is 0 Å². The number of rotatable bonds is 3. The number of benzene rings is 1. The van der Waals surface area contributed by atoms with Gasteiger partial charge in [-0.2, -0.15) is 8.78 Å². The van der Waals surface area contributed by atoms with Crippen LogP contribution in [0, 0.1) is 5.82 Å². The molecule has 1 aromatic rings. The van der Waals surface area contributed by atoms with Crippen LogP contribution in [0.15, 0.2) is 22.7 Å². The van der Waals surface area contributed by atoms with E-state index in [-0.39, 0.29) is 10.0 Å². The van der Waals surface area contributed by atoms with Crippen molar-refractivity contribution in [3.8, 4) is 0 Å². The lowest BCUT2D eigenvalue weighted by Gasteiger charge is -2.11. The molecule has 0 heterocycles. The number of halogens is 4. The first-order valence-electron chi connectivity index (χ1n) is 3.88. The second-order valence-corrected chi connectivity index (χ2v) is 3.79. The van der Waals surface area contributed by atoms with Crippen molar-refractivity contribution in [2.24, 2.45) is 0 Å². The highest BCUT2D eigenvalue weighted by molar-refractivity contribution is 9.10.